The van der Waals surface area contributed by atoms with Crippen molar-refractivity contribution in [1.82, 2.24) is 9.97 Å². The van der Waals surface area contributed by atoms with Crippen LogP contribution in [-0.2, 0) is 9.53 Å². The minimum absolute atomic E-state index is 0.236. The molecule has 0 fully saturated rings. The Morgan fingerprint density at radius 1 is 1.50 bits per heavy atom. The fourth-order valence-electron chi connectivity index (χ4n) is 1.50. The molecule has 1 aromatic rings. The van der Waals surface area contributed by atoms with Crippen LogP contribution in [0, 0.1) is 0 Å². The van der Waals surface area contributed by atoms with Crippen LogP contribution in [0.3, 0.4) is 0 Å². The van der Waals surface area contributed by atoms with Crippen LogP contribution in [0.15, 0.2) is 12.4 Å². The second kappa shape index (κ2) is 7.47. The molecule has 100 valence electrons. The highest BCUT2D eigenvalue weighted by Gasteiger charge is 2.04. The maximum atomic E-state index is 11.0. The first-order valence-corrected chi connectivity index (χ1v) is 6.01. The number of esters is 1. The summed E-state index contributed by atoms with van der Waals surface area (Å²) in [5, 5.41) is 3.07. The second-order valence-electron chi connectivity index (χ2n) is 3.94. The molecule has 0 saturated heterocycles. The molecule has 1 aromatic heterocycles. The van der Waals surface area contributed by atoms with Gasteiger partial charge in [0.25, 0.3) is 0 Å². The summed E-state index contributed by atoms with van der Waals surface area (Å²) >= 11 is 0. The highest BCUT2D eigenvalue weighted by atomic mass is 16.5. The van der Waals surface area contributed by atoms with Crippen LogP contribution in [0.2, 0.25) is 0 Å². The van der Waals surface area contributed by atoms with Gasteiger partial charge in [0.15, 0.2) is 0 Å². The Labute approximate surface area is 107 Å². The fraction of sp³-hybridized carbons (Fsp3) is 0.583. The molecule has 0 aliphatic carbocycles. The normalized spacial score (nSPS) is 9.94. The summed E-state index contributed by atoms with van der Waals surface area (Å²) in [4.78, 5) is 21.3. The van der Waals surface area contributed by atoms with Gasteiger partial charge >= 0.3 is 5.97 Å². The average molecular weight is 252 g/mol. The van der Waals surface area contributed by atoms with E-state index in [-0.39, 0.29) is 5.97 Å². The highest BCUT2D eigenvalue weighted by molar-refractivity contribution is 5.69. The van der Waals surface area contributed by atoms with Gasteiger partial charge in [0.2, 0.25) is 0 Å². The quantitative estimate of drug-likeness (QED) is 0.738. The van der Waals surface area contributed by atoms with E-state index in [1.165, 1.54) is 13.4 Å². The lowest BCUT2D eigenvalue weighted by molar-refractivity contribution is -0.140. The molecule has 0 aliphatic heterocycles. The molecule has 0 bridgehead atoms. The van der Waals surface area contributed by atoms with Gasteiger partial charge in [-0.25, -0.2) is 9.97 Å². The van der Waals surface area contributed by atoms with Crippen LogP contribution in [0.4, 0.5) is 11.6 Å². The van der Waals surface area contributed by atoms with E-state index in [4.69, 9.17) is 0 Å². The summed E-state index contributed by atoms with van der Waals surface area (Å²) in [6, 6.07) is 1.87. The van der Waals surface area contributed by atoms with E-state index in [0.717, 1.165) is 18.8 Å². The third kappa shape index (κ3) is 4.57. The predicted molar refractivity (Wildman–Crippen MR) is 70.7 cm³/mol. The first-order chi connectivity index (χ1) is 8.67. The number of hydrogen-bond donors (Lipinski definition) is 1. The number of methoxy groups -OCH3 is 1. The van der Waals surface area contributed by atoms with Gasteiger partial charge in [-0.1, -0.05) is 6.92 Å². The van der Waals surface area contributed by atoms with E-state index in [9.17, 15) is 4.79 Å². The molecule has 1 rings (SSSR count). The number of rotatable bonds is 7. The van der Waals surface area contributed by atoms with Crippen LogP contribution >= 0.6 is 0 Å². The molecule has 0 radical (unpaired) electrons. The summed E-state index contributed by atoms with van der Waals surface area (Å²) < 4.78 is 4.56. The van der Waals surface area contributed by atoms with Crippen molar-refractivity contribution in [2.75, 3.05) is 37.5 Å². The molecule has 0 aromatic carbocycles. The zero-order chi connectivity index (χ0) is 13.4. The molecular weight excluding hydrogens is 232 g/mol. The Bertz CT molecular complexity index is 384. The number of anilines is 2. The number of hydrogen-bond acceptors (Lipinski definition) is 6. The van der Waals surface area contributed by atoms with E-state index in [1.54, 1.807) is 0 Å². The SMILES string of the molecule is CCCN(C)c1cc(NCCC(=O)OC)ncn1. The highest BCUT2D eigenvalue weighted by Crippen LogP contribution is 2.12. The molecule has 1 heterocycles. The van der Waals surface area contributed by atoms with Gasteiger partial charge in [-0.3, -0.25) is 4.79 Å². The van der Waals surface area contributed by atoms with Crippen molar-refractivity contribution in [2.24, 2.45) is 0 Å². The molecule has 0 amide bonds. The Morgan fingerprint density at radius 2 is 2.28 bits per heavy atom. The molecule has 1 N–H and O–H groups in total. The molecule has 0 unspecified atom stereocenters. The van der Waals surface area contributed by atoms with Crippen molar-refractivity contribution in [2.45, 2.75) is 19.8 Å². The van der Waals surface area contributed by atoms with Crippen molar-refractivity contribution < 1.29 is 9.53 Å². The van der Waals surface area contributed by atoms with E-state index in [1.807, 2.05) is 13.1 Å². The Balaban J connectivity index is 2.51. The molecule has 6 nitrogen and oxygen atoms in total. The number of nitrogens with zero attached hydrogens (tertiary/aromatic N) is 3. The van der Waals surface area contributed by atoms with Crippen molar-refractivity contribution in [3.8, 4) is 0 Å². The minimum atomic E-state index is -0.236. The molecule has 0 aliphatic rings. The van der Waals surface area contributed by atoms with Gasteiger partial charge in [-0.2, -0.15) is 0 Å². The number of aromatic nitrogens is 2. The maximum Gasteiger partial charge on any atom is 0.307 e. The van der Waals surface area contributed by atoms with E-state index >= 15 is 0 Å². The van der Waals surface area contributed by atoms with Crippen LogP contribution in [-0.4, -0.2) is 43.2 Å². The smallest absolute Gasteiger partial charge is 0.307 e. The largest absolute Gasteiger partial charge is 0.469 e. The van der Waals surface area contributed by atoms with Gasteiger partial charge in [0.05, 0.1) is 13.5 Å². The summed E-state index contributed by atoms with van der Waals surface area (Å²) in [5.74, 6) is 1.35. The third-order valence-corrected chi connectivity index (χ3v) is 2.47. The first kappa shape index (κ1) is 14.2. The lowest BCUT2D eigenvalue weighted by atomic mass is 10.4. The maximum absolute atomic E-state index is 11.0. The molecule has 18 heavy (non-hydrogen) atoms. The summed E-state index contributed by atoms with van der Waals surface area (Å²) in [7, 11) is 3.37. The van der Waals surface area contributed by atoms with Gasteiger partial charge in [0, 0.05) is 26.2 Å². The molecule has 0 atom stereocenters. The Morgan fingerprint density at radius 3 is 2.94 bits per heavy atom. The van der Waals surface area contributed by atoms with Crippen molar-refractivity contribution in [3.63, 3.8) is 0 Å². The molecule has 0 saturated carbocycles. The number of carbonyl (C=O) groups is 1. The van der Waals surface area contributed by atoms with E-state index in [0.29, 0.717) is 18.8 Å². The van der Waals surface area contributed by atoms with Gasteiger partial charge in [-0.05, 0) is 6.42 Å². The van der Waals surface area contributed by atoms with Crippen LogP contribution in [0.25, 0.3) is 0 Å². The standard InChI is InChI=1S/C12H20N4O2/c1-4-7-16(2)11-8-10(14-9-15-11)13-6-5-12(17)18-3/h8-9H,4-7H2,1-3H3,(H,13,14,15). The van der Waals surface area contributed by atoms with Crippen molar-refractivity contribution in [3.05, 3.63) is 12.4 Å². The van der Waals surface area contributed by atoms with Crippen molar-refractivity contribution in [1.29, 1.82) is 0 Å². The topological polar surface area (TPSA) is 67.4 Å². The predicted octanol–water partition coefficient (Wildman–Crippen LogP) is 1.30. The molecule has 0 spiro atoms. The lowest BCUT2D eigenvalue weighted by Gasteiger charge is -2.17. The van der Waals surface area contributed by atoms with Gasteiger partial charge in [0.1, 0.15) is 18.0 Å². The number of nitrogens with one attached hydrogen (secondary N) is 1. The van der Waals surface area contributed by atoms with E-state index < -0.39 is 0 Å². The average Bonchev–Trinajstić information content (AvgIpc) is 2.39. The van der Waals surface area contributed by atoms with E-state index in [2.05, 4.69) is 31.8 Å². The summed E-state index contributed by atoms with van der Waals surface area (Å²) in [5.41, 5.74) is 0. The summed E-state index contributed by atoms with van der Waals surface area (Å²) in [6.07, 6.45) is 2.90. The van der Waals surface area contributed by atoms with Crippen LogP contribution in [0.1, 0.15) is 19.8 Å². The molecular formula is C12H20N4O2. The minimum Gasteiger partial charge on any atom is -0.469 e. The zero-order valence-corrected chi connectivity index (χ0v) is 11.1. The van der Waals surface area contributed by atoms with Gasteiger partial charge in [-0.15, -0.1) is 0 Å². The lowest BCUT2D eigenvalue weighted by Crippen LogP contribution is -2.19. The number of ether oxygens (including phenoxy) is 1. The Kier molecular flexibility index (Phi) is 5.90. The third-order valence-electron chi connectivity index (χ3n) is 2.47. The Hall–Kier alpha value is -1.85. The molecule has 6 heteroatoms. The van der Waals surface area contributed by atoms with Gasteiger partial charge < -0.3 is 15.0 Å². The van der Waals surface area contributed by atoms with Crippen LogP contribution in [0.5, 0.6) is 0 Å². The fourth-order valence-corrected chi connectivity index (χ4v) is 1.50. The number of carbonyl (C=O) groups excluding carboxylic acids is 1. The van der Waals surface area contributed by atoms with Crippen LogP contribution < -0.4 is 10.2 Å². The second-order valence-corrected chi connectivity index (χ2v) is 3.94. The van der Waals surface area contributed by atoms with Crippen molar-refractivity contribution >= 4 is 17.6 Å². The zero-order valence-electron chi connectivity index (χ0n) is 11.1. The summed E-state index contributed by atoms with van der Waals surface area (Å²) in [6.45, 7) is 3.56. The first-order valence-electron chi connectivity index (χ1n) is 6.01. The monoisotopic (exact) mass is 252 g/mol.